The van der Waals surface area contributed by atoms with Crippen molar-refractivity contribution >= 4 is 11.7 Å². The Hall–Kier alpha value is -2.70. The Kier molecular flexibility index (Phi) is 5.89. The maximum Gasteiger partial charge on any atom is 0.341 e. The number of methoxy groups -OCH3 is 1. The molecule has 0 saturated heterocycles. The van der Waals surface area contributed by atoms with Gasteiger partial charge in [0.25, 0.3) is 0 Å². The molecular formula is C13H15N3O4. The first-order valence-electron chi connectivity index (χ1n) is 5.64. The number of hydrogen-bond acceptors (Lipinski definition) is 5. The number of hydrogen-bond donors (Lipinski definition) is 1. The molecule has 1 aromatic rings. The highest BCUT2D eigenvalue weighted by Crippen LogP contribution is 2.28. The smallest absolute Gasteiger partial charge is 0.341 e. The van der Waals surface area contributed by atoms with E-state index in [1.165, 1.54) is 20.2 Å². The van der Waals surface area contributed by atoms with Crippen LogP contribution in [0.4, 0.5) is 0 Å². The lowest BCUT2D eigenvalue weighted by atomic mass is 10.1. The van der Waals surface area contributed by atoms with E-state index in [1.54, 1.807) is 18.2 Å². The van der Waals surface area contributed by atoms with Crippen molar-refractivity contribution in [1.82, 2.24) is 0 Å². The van der Waals surface area contributed by atoms with Gasteiger partial charge in [-0.15, -0.1) is 5.10 Å². The van der Waals surface area contributed by atoms with E-state index in [2.05, 4.69) is 22.0 Å². The lowest BCUT2D eigenvalue weighted by molar-refractivity contribution is -0.139. The van der Waals surface area contributed by atoms with E-state index in [4.69, 9.17) is 14.6 Å². The second-order valence-electron chi connectivity index (χ2n) is 3.53. The van der Waals surface area contributed by atoms with Crippen LogP contribution in [0, 0.1) is 0 Å². The standard InChI is InChI=1S/C13H15N3O4/c1-4-10(15-16-14-2)9-5-6-11(12(7-9)19-3)20-8-13(17)18/h4-7H,1,8H2,2-3H3,(H,17,18)/b15-10+,16-14?. The van der Waals surface area contributed by atoms with Gasteiger partial charge < -0.3 is 14.6 Å². The van der Waals surface area contributed by atoms with Gasteiger partial charge in [-0.25, -0.2) is 4.79 Å². The molecule has 0 saturated carbocycles. The van der Waals surface area contributed by atoms with Gasteiger partial charge in [0.1, 0.15) is 0 Å². The number of benzene rings is 1. The second-order valence-corrected chi connectivity index (χ2v) is 3.53. The van der Waals surface area contributed by atoms with Crippen molar-refractivity contribution in [2.24, 2.45) is 15.4 Å². The average Bonchev–Trinajstić information content (AvgIpc) is 2.46. The molecule has 0 radical (unpaired) electrons. The number of carboxylic acid groups (broad SMARTS) is 1. The van der Waals surface area contributed by atoms with Crippen molar-refractivity contribution in [3.8, 4) is 11.5 Å². The van der Waals surface area contributed by atoms with Gasteiger partial charge in [-0.05, 0) is 29.5 Å². The fourth-order valence-corrected chi connectivity index (χ4v) is 1.39. The minimum absolute atomic E-state index is 0.333. The third-order valence-electron chi connectivity index (χ3n) is 2.25. The van der Waals surface area contributed by atoms with Crippen LogP contribution < -0.4 is 9.47 Å². The molecule has 7 heteroatoms. The van der Waals surface area contributed by atoms with Crippen LogP contribution in [0.3, 0.4) is 0 Å². The van der Waals surface area contributed by atoms with Crippen LogP contribution in [-0.4, -0.2) is 37.6 Å². The predicted molar refractivity (Wildman–Crippen MR) is 73.6 cm³/mol. The van der Waals surface area contributed by atoms with Crippen LogP contribution in [0.15, 0.2) is 46.3 Å². The summed E-state index contributed by atoms with van der Waals surface area (Å²) in [6, 6.07) is 4.95. The first kappa shape index (κ1) is 15.4. The Morgan fingerprint density at radius 1 is 1.45 bits per heavy atom. The van der Waals surface area contributed by atoms with Gasteiger partial charge in [-0.1, -0.05) is 6.58 Å². The van der Waals surface area contributed by atoms with Crippen LogP contribution in [0.5, 0.6) is 11.5 Å². The van der Waals surface area contributed by atoms with Crippen molar-refractivity contribution in [2.45, 2.75) is 0 Å². The van der Waals surface area contributed by atoms with E-state index in [1.807, 2.05) is 0 Å². The van der Waals surface area contributed by atoms with E-state index >= 15 is 0 Å². The third-order valence-corrected chi connectivity index (χ3v) is 2.25. The molecule has 1 aromatic carbocycles. The maximum absolute atomic E-state index is 10.5. The van der Waals surface area contributed by atoms with Crippen molar-refractivity contribution in [1.29, 1.82) is 0 Å². The number of allylic oxidation sites excluding steroid dienone is 1. The first-order chi connectivity index (χ1) is 9.62. The first-order valence-corrected chi connectivity index (χ1v) is 5.64. The van der Waals surface area contributed by atoms with E-state index in [9.17, 15) is 4.79 Å². The van der Waals surface area contributed by atoms with Crippen LogP contribution in [0.1, 0.15) is 5.56 Å². The van der Waals surface area contributed by atoms with E-state index in [0.29, 0.717) is 22.8 Å². The fourth-order valence-electron chi connectivity index (χ4n) is 1.39. The third kappa shape index (κ3) is 4.20. The minimum Gasteiger partial charge on any atom is -0.493 e. The van der Waals surface area contributed by atoms with Gasteiger partial charge in [0.05, 0.1) is 19.9 Å². The zero-order valence-electron chi connectivity index (χ0n) is 11.2. The molecule has 7 nitrogen and oxygen atoms in total. The molecule has 0 amide bonds. The maximum atomic E-state index is 10.5. The number of rotatable bonds is 7. The number of nitrogens with zero attached hydrogens (tertiary/aromatic N) is 3. The summed E-state index contributed by atoms with van der Waals surface area (Å²) in [5.74, 6) is -0.334. The molecule has 0 spiro atoms. The molecule has 0 fully saturated rings. The van der Waals surface area contributed by atoms with Gasteiger partial charge in [-0.2, -0.15) is 5.11 Å². The number of ether oxygens (including phenoxy) is 2. The highest BCUT2D eigenvalue weighted by molar-refractivity contribution is 6.08. The molecule has 1 N–H and O–H groups in total. The highest BCUT2D eigenvalue weighted by Gasteiger charge is 2.09. The minimum atomic E-state index is -1.06. The lowest BCUT2D eigenvalue weighted by Crippen LogP contribution is -2.10. The summed E-state index contributed by atoms with van der Waals surface area (Å²) in [4.78, 5) is 10.5. The van der Waals surface area contributed by atoms with Crippen LogP contribution in [0.25, 0.3) is 0 Å². The molecule has 0 aromatic heterocycles. The molecule has 0 heterocycles. The Labute approximate surface area is 116 Å². The van der Waals surface area contributed by atoms with Gasteiger partial charge in [-0.3, -0.25) is 0 Å². The summed E-state index contributed by atoms with van der Waals surface area (Å²) < 4.78 is 10.3. The Morgan fingerprint density at radius 2 is 2.20 bits per heavy atom. The molecule has 0 atom stereocenters. The number of aliphatic carboxylic acids is 1. The van der Waals surface area contributed by atoms with Gasteiger partial charge in [0.15, 0.2) is 18.1 Å². The van der Waals surface area contributed by atoms with E-state index < -0.39 is 12.6 Å². The van der Waals surface area contributed by atoms with Gasteiger partial charge in [0, 0.05) is 5.56 Å². The van der Waals surface area contributed by atoms with E-state index in [-0.39, 0.29) is 0 Å². The van der Waals surface area contributed by atoms with Crippen LogP contribution >= 0.6 is 0 Å². The van der Waals surface area contributed by atoms with Crippen molar-refractivity contribution in [2.75, 3.05) is 20.8 Å². The average molecular weight is 277 g/mol. The predicted octanol–water partition coefficient (Wildman–Crippen LogP) is 2.13. The number of carbonyl (C=O) groups is 1. The summed E-state index contributed by atoms with van der Waals surface area (Å²) in [6.45, 7) is 3.20. The number of carboxylic acids is 1. The Balaban J connectivity index is 3.07. The molecule has 1 rings (SSSR count). The monoisotopic (exact) mass is 277 g/mol. The SMILES string of the molecule is C=C/C(=N\N=NC)c1ccc(OCC(=O)O)c(OC)c1. The summed E-state index contributed by atoms with van der Waals surface area (Å²) in [5, 5.41) is 19.5. The van der Waals surface area contributed by atoms with Crippen molar-refractivity contribution in [3.63, 3.8) is 0 Å². The quantitative estimate of drug-likeness (QED) is 0.469. The summed E-state index contributed by atoms with van der Waals surface area (Å²) in [5.41, 5.74) is 1.21. The van der Waals surface area contributed by atoms with Gasteiger partial charge >= 0.3 is 5.97 Å². The topological polar surface area (TPSA) is 92.8 Å². The zero-order valence-corrected chi connectivity index (χ0v) is 11.2. The molecule has 0 unspecified atom stereocenters. The van der Waals surface area contributed by atoms with Gasteiger partial charge in [0.2, 0.25) is 0 Å². The summed E-state index contributed by atoms with van der Waals surface area (Å²) in [6.07, 6.45) is 1.53. The van der Waals surface area contributed by atoms with Crippen LogP contribution in [-0.2, 0) is 4.79 Å². The molecule has 0 aliphatic heterocycles. The van der Waals surface area contributed by atoms with E-state index in [0.717, 1.165) is 0 Å². The normalized spacial score (nSPS) is 11.4. The molecule has 106 valence electrons. The molecule has 0 aliphatic carbocycles. The van der Waals surface area contributed by atoms with Crippen LogP contribution in [0.2, 0.25) is 0 Å². The Bertz CT molecular complexity index is 553. The fraction of sp³-hybridized carbons (Fsp3) is 0.231. The molecule has 20 heavy (non-hydrogen) atoms. The highest BCUT2D eigenvalue weighted by atomic mass is 16.5. The largest absolute Gasteiger partial charge is 0.493 e. The summed E-state index contributed by atoms with van der Waals surface area (Å²) >= 11 is 0. The lowest BCUT2D eigenvalue weighted by Gasteiger charge is -2.10. The molecule has 0 bridgehead atoms. The summed E-state index contributed by atoms with van der Waals surface area (Å²) in [7, 11) is 2.97. The zero-order chi connectivity index (χ0) is 15.0. The second kappa shape index (κ2) is 7.67. The van der Waals surface area contributed by atoms with Crippen molar-refractivity contribution in [3.05, 3.63) is 36.4 Å². The molecule has 0 aliphatic rings. The van der Waals surface area contributed by atoms with Crippen molar-refractivity contribution < 1.29 is 19.4 Å². The molecular weight excluding hydrogens is 262 g/mol. The Morgan fingerprint density at radius 3 is 2.75 bits per heavy atom.